The van der Waals surface area contributed by atoms with Crippen LogP contribution >= 0.6 is 0 Å². The molecular formula is C25H29N3O2. The fourth-order valence-corrected chi connectivity index (χ4v) is 4.08. The fraction of sp³-hybridized carbons (Fsp3) is 0.400. The summed E-state index contributed by atoms with van der Waals surface area (Å²) in [4.78, 5) is 20.0. The van der Waals surface area contributed by atoms with Crippen molar-refractivity contribution < 1.29 is 9.32 Å². The maximum atomic E-state index is 13.5. The highest BCUT2D eigenvalue weighted by atomic mass is 16.5. The molecule has 1 aliphatic carbocycles. The van der Waals surface area contributed by atoms with E-state index in [9.17, 15) is 4.79 Å². The van der Waals surface area contributed by atoms with Gasteiger partial charge in [-0.1, -0.05) is 60.3 Å². The van der Waals surface area contributed by atoms with Crippen LogP contribution in [0.3, 0.4) is 0 Å². The standard InChI is InChI=1S/C25H29N3O2/c1-17-9-12-20(13-10-17)24-26-23(30-27-24)16-28(22-7-5-4-6-8-22)25(29)21-14-11-18(2)19(3)15-21/h9-15,22H,4-8,16H2,1-3H3. The van der Waals surface area contributed by atoms with Crippen molar-refractivity contribution in [2.45, 2.75) is 65.5 Å². The SMILES string of the molecule is Cc1ccc(-c2noc(CN(C(=O)c3ccc(C)c(C)c3)C3CCCCC3)n2)cc1. The van der Waals surface area contributed by atoms with E-state index < -0.39 is 0 Å². The first-order valence-corrected chi connectivity index (χ1v) is 10.8. The first kappa shape index (κ1) is 20.3. The molecule has 1 heterocycles. The van der Waals surface area contributed by atoms with Crippen molar-refractivity contribution >= 4 is 5.91 Å². The van der Waals surface area contributed by atoms with Crippen LogP contribution < -0.4 is 0 Å². The summed E-state index contributed by atoms with van der Waals surface area (Å²) in [5, 5.41) is 4.15. The molecule has 156 valence electrons. The van der Waals surface area contributed by atoms with Crippen molar-refractivity contribution in [3.63, 3.8) is 0 Å². The van der Waals surface area contributed by atoms with E-state index in [-0.39, 0.29) is 11.9 Å². The van der Waals surface area contributed by atoms with Crippen molar-refractivity contribution in [1.29, 1.82) is 0 Å². The highest BCUT2D eigenvalue weighted by Gasteiger charge is 2.28. The topological polar surface area (TPSA) is 59.2 Å². The van der Waals surface area contributed by atoms with Gasteiger partial charge in [0.25, 0.3) is 5.91 Å². The van der Waals surface area contributed by atoms with E-state index >= 15 is 0 Å². The van der Waals surface area contributed by atoms with Gasteiger partial charge in [0.2, 0.25) is 11.7 Å². The third-order valence-corrected chi connectivity index (χ3v) is 6.11. The van der Waals surface area contributed by atoms with Gasteiger partial charge in [-0.3, -0.25) is 4.79 Å². The third-order valence-electron chi connectivity index (χ3n) is 6.11. The van der Waals surface area contributed by atoms with E-state index in [1.54, 1.807) is 0 Å². The monoisotopic (exact) mass is 403 g/mol. The summed E-state index contributed by atoms with van der Waals surface area (Å²) in [5.41, 5.74) is 5.14. The van der Waals surface area contributed by atoms with Crippen molar-refractivity contribution in [3.8, 4) is 11.4 Å². The number of amides is 1. The van der Waals surface area contributed by atoms with Gasteiger partial charge < -0.3 is 9.42 Å². The predicted octanol–water partition coefficient (Wildman–Crippen LogP) is 5.64. The summed E-state index contributed by atoms with van der Waals surface area (Å²) < 4.78 is 5.54. The maximum absolute atomic E-state index is 13.5. The lowest BCUT2D eigenvalue weighted by molar-refractivity contribution is 0.0586. The zero-order valence-electron chi connectivity index (χ0n) is 18.0. The van der Waals surface area contributed by atoms with Gasteiger partial charge >= 0.3 is 0 Å². The molecule has 0 aliphatic heterocycles. The predicted molar refractivity (Wildman–Crippen MR) is 117 cm³/mol. The second kappa shape index (κ2) is 8.82. The zero-order chi connectivity index (χ0) is 21.1. The molecule has 1 saturated carbocycles. The Bertz CT molecular complexity index is 1020. The zero-order valence-corrected chi connectivity index (χ0v) is 18.0. The Morgan fingerprint density at radius 2 is 1.73 bits per heavy atom. The Kier molecular flexibility index (Phi) is 5.98. The third kappa shape index (κ3) is 4.45. The average molecular weight is 404 g/mol. The molecule has 0 radical (unpaired) electrons. The second-order valence-corrected chi connectivity index (χ2v) is 8.40. The number of rotatable bonds is 5. The highest BCUT2D eigenvalue weighted by molar-refractivity contribution is 5.94. The Morgan fingerprint density at radius 1 is 1.00 bits per heavy atom. The van der Waals surface area contributed by atoms with Crippen LogP contribution in [0.5, 0.6) is 0 Å². The molecule has 1 aliphatic rings. The Balaban J connectivity index is 1.59. The molecule has 3 aromatic rings. The van der Waals surface area contributed by atoms with Crippen LogP contribution in [0.1, 0.15) is 65.0 Å². The first-order chi connectivity index (χ1) is 14.5. The highest BCUT2D eigenvalue weighted by Crippen LogP contribution is 2.26. The molecule has 2 aromatic carbocycles. The maximum Gasteiger partial charge on any atom is 0.254 e. The van der Waals surface area contributed by atoms with Gasteiger partial charge in [-0.2, -0.15) is 4.98 Å². The summed E-state index contributed by atoms with van der Waals surface area (Å²) in [5.74, 6) is 1.08. The van der Waals surface area contributed by atoms with Crippen LogP contribution in [0.2, 0.25) is 0 Å². The quantitative estimate of drug-likeness (QED) is 0.553. The summed E-state index contributed by atoms with van der Waals surface area (Å²) in [6.07, 6.45) is 5.59. The smallest absolute Gasteiger partial charge is 0.254 e. The van der Waals surface area contributed by atoms with Gasteiger partial charge in [0.1, 0.15) is 6.54 Å². The number of nitrogens with zero attached hydrogens (tertiary/aromatic N) is 3. The molecule has 0 atom stereocenters. The molecule has 1 amide bonds. The Labute approximate surface area is 178 Å². The number of hydrogen-bond donors (Lipinski definition) is 0. The van der Waals surface area contributed by atoms with Crippen LogP contribution in [0.25, 0.3) is 11.4 Å². The van der Waals surface area contributed by atoms with Crippen LogP contribution in [-0.4, -0.2) is 27.0 Å². The summed E-state index contributed by atoms with van der Waals surface area (Å²) in [7, 11) is 0. The van der Waals surface area contributed by atoms with Crippen LogP contribution in [0.15, 0.2) is 47.0 Å². The number of carbonyl (C=O) groups excluding carboxylic acids is 1. The summed E-state index contributed by atoms with van der Waals surface area (Å²) in [6, 6.07) is 14.2. The molecule has 0 bridgehead atoms. The normalized spacial score (nSPS) is 14.6. The van der Waals surface area contributed by atoms with Gasteiger partial charge in [0.05, 0.1) is 0 Å². The van der Waals surface area contributed by atoms with E-state index in [2.05, 4.69) is 17.1 Å². The number of aromatic nitrogens is 2. The van der Waals surface area contributed by atoms with Gasteiger partial charge in [0.15, 0.2) is 0 Å². The van der Waals surface area contributed by atoms with E-state index in [0.717, 1.165) is 42.4 Å². The molecule has 1 aromatic heterocycles. The van der Waals surface area contributed by atoms with Gasteiger partial charge in [-0.15, -0.1) is 0 Å². The van der Waals surface area contributed by atoms with Crippen molar-refractivity contribution in [2.75, 3.05) is 0 Å². The number of carbonyl (C=O) groups is 1. The molecule has 0 unspecified atom stereocenters. The molecule has 0 saturated heterocycles. The van der Waals surface area contributed by atoms with Gasteiger partial charge in [-0.25, -0.2) is 0 Å². The van der Waals surface area contributed by atoms with E-state index in [1.807, 2.05) is 61.2 Å². The largest absolute Gasteiger partial charge is 0.337 e. The molecular weight excluding hydrogens is 374 g/mol. The molecule has 4 rings (SSSR count). The minimum absolute atomic E-state index is 0.0417. The van der Waals surface area contributed by atoms with Gasteiger partial charge in [0, 0.05) is 17.2 Å². The Morgan fingerprint density at radius 3 is 2.43 bits per heavy atom. The van der Waals surface area contributed by atoms with Crippen molar-refractivity contribution in [1.82, 2.24) is 15.0 Å². The average Bonchev–Trinajstić information content (AvgIpc) is 3.23. The molecule has 1 fully saturated rings. The molecule has 0 N–H and O–H groups in total. The minimum atomic E-state index is 0.0417. The van der Waals surface area contributed by atoms with E-state index in [1.165, 1.54) is 17.5 Å². The Hall–Kier alpha value is -2.95. The van der Waals surface area contributed by atoms with Gasteiger partial charge in [-0.05, 0) is 56.9 Å². The van der Waals surface area contributed by atoms with Crippen LogP contribution in [-0.2, 0) is 6.54 Å². The summed E-state index contributed by atoms with van der Waals surface area (Å²) in [6.45, 7) is 6.50. The molecule has 5 heteroatoms. The lowest BCUT2D eigenvalue weighted by Gasteiger charge is -2.33. The lowest BCUT2D eigenvalue weighted by Crippen LogP contribution is -2.41. The number of benzene rings is 2. The number of aryl methyl sites for hydroxylation is 3. The number of hydrogen-bond acceptors (Lipinski definition) is 4. The molecule has 5 nitrogen and oxygen atoms in total. The van der Waals surface area contributed by atoms with E-state index in [0.29, 0.717) is 18.3 Å². The van der Waals surface area contributed by atoms with Crippen molar-refractivity contribution in [2.24, 2.45) is 0 Å². The lowest BCUT2D eigenvalue weighted by atomic mass is 9.93. The van der Waals surface area contributed by atoms with Crippen LogP contribution in [0, 0.1) is 20.8 Å². The second-order valence-electron chi connectivity index (χ2n) is 8.40. The molecule has 0 spiro atoms. The fourth-order valence-electron chi connectivity index (χ4n) is 4.08. The van der Waals surface area contributed by atoms with E-state index in [4.69, 9.17) is 4.52 Å². The van der Waals surface area contributed by atoms with Crippen molar-refractivity contribution in [3.05, 3.63) is 70.6 Å². The minimum Gasteiger partial charge on any atom is -0.337 e. The van der Waals surface area contributed by atoms with Crippen LogP contribution in [0.4, 0.5) is 0 Å². The molecule has 30 heavy (non-hydrogen) atoms. The first-order valence-electron chi connectivity index (χ1n) is 10.8. The summed E-state index contributed by atoms with van der Waals surface area (Å²) >= 11 is 0.